The van der Waals surface area contributed by atoms with Gasteiger partial charge in [0.1, 0.15) is 12.2 Å². The number of benzene rings is 2. The van der Waals surface area contributed by atoms with E-state index >= 15 is 0 Å². The first-order valence-corrected chi connectivity index (χ1v) is 11.1. The monoisotopic (exact) mass is 443 g/mol. The Balaban J connectivity index is 1.41. The number of H-pyrrole nitrogens is 1. The zero-order valence-corrected chi connectivity index (χ0v) is 18.7. The van der Waals surface area contributed by atoms with Crippen LogP contribution in [0, 0.1) is 6.92 Å². The highest BCUT2D eigenvalue weighted by Crippen LogP contribution is 2.14. The first kappa shape index (κ1) is 22.4. The van der Waals surface area contributed by atoms with E-state index in [4.69, 9.17) is 5.73 Å². The molecule has 5 N–H and O–H groups in total. The van der Waals surface area contributed by atoms with E-state index < -0.39 is 0 Å². The van der Waals surface area contributed by atoms with Crippen LogP contribution in [-0.4, -0.2) is 28.0 Å². The molecule has 1 amide bonds. The third-order valence-electron chi connectivity index (χ3n) is 5.75. The number of hydrogen-bond donors (Lipinski definition) is 4. The van der Waals surface area contributed by atoms with Gasteiger partial charge in [-0.2, -0.15) is 0 Å². The number of fused-ring (bicyclic) bond motifs is 1. The second kappa shape index (κ2) is 10.2. The minimum atomic E-state index is -0.231. The minimum absolute atomic E-state index is 0.0494. The summed E-state index contributed by atoms with van der Waals surface area (Å²) in [7, 11) is 0. The van der Waals surface area contributed by atoms with Crippen molar-refractivity contribution < 1.29 is 4.79 Å². The van der Waals surface area contributed by atoms with Gasteiger partial charge in [-0.15, -0.1) is 0 Å². The molecule has 2 heterocycles. The van der Waals surface area contributed by atoms with Crippen LogP contribution >= 0.6 is 0 Å². The van der Waals surface area contributed by atoms with E-state index in [9.17, 15) is 9.59 Å². The maximum atomic E-state index is 13.1. The van der Waals surface area contributed by atoms with E-state index in [-0.39, 0.29) is 24.1 Å². The second-order valence-corrected chi connectivity index (χ2v) is 8.25. The molecule has 0 aliphatic heterocycles. The molecule has 0 spiro atoms. The van der Waals surface area contributed by atoms with Crippen molar-refractivity contribution in [3.8, 4) is 0 Å². The third kappa shape index (κ3) is 5.51. The van der Waals surface area contributed by atoms with Gasteiger partial charge in [0.15, 0.2) is 0 Å². The van der Waals surface area contributed by atoms with Gasteiger partial charge in [0.25, 0.3) is 5.56 Å². The Morgan fingerprint density at radius 3 is 2.70 bits per heavy atom. The minimum Gasteiger partial charge on any atom is -0.376 e. The Kier molecular flexibility index (Phi) is 6.90. The predicted octanol–water partition coefficient (Wildman–Crippen LogP) is 2.94. The summed E-state index contributed by atoms with van der Waals surface area (Å²) in [4.78, 5) is 28.8. The van der Waals surface area contributed by atoms with Crippen LogP contribution in [0.25, 0.3) is 10.9 Å². The molecular formula is C26H29N5O2. The number of carbonyl (C=O) groups excluding carboxylic acids is 1. The zero-order valence-electron chi connectivity index (χ0n) is 18.7. The fourth-order valence-electron chi connectivity index (χ4n) is 3.89. The van der Waals surface area contributed by atoms with Gasteiger partial charge in [-0.1, -0.05) is 36.4 Å². The maximum absolute atomic E-state index is 13.1. The maximum Gasteiger partial charge on any atom is 0.274 e. The first-order valence-electron chi connectivity index (χ1n) is 11.1. The summed E-state index contributed by atoms with van der Waals surface area (Å²) in [6.45, 7) is 2.61. The van der Waals surface area contributed by atoms with Gasteiger partial charge in [0.2, 0.25) is 5.91 Å². The van der Waals surface area contributed by atoms with Gasteiger partial charge in [-0.3, -0.25) is 9.59 Å². The molecule has 4 rings (SSSR count). The van der Waals surface area contributed by atoms with Crippen LogP contribution in [0.1, 0.15) is 16.7 Å². The molecule has 7 heteroatoms. The largest absolute Gasteiger partial charge is 0.376 e. The number of aromatic amines is 1. The van der Waals surface area contributed by atoms with E-state index in [1.807, 2.05) is 73.8 Å². The van der Waals surface area contributed by atoms with Crippen molar-refractivity contribution in [1.82, 2.24) is 14.9 Å². The topological polar surface area (TPSA) is 105 Å². The number of nitrogens with zero attached hydrogens (tertiary/aromatic N) is 1. The van der Waals surface area contributed by atoms with Gasteiger partial charge in [-0.05, 0) is 59.7 Å². The molecule has 0 aliphatic rings. The van der Waals surface area contributed by atoms with Gasteiger partial charge in [0, 0.05) is 37.0 Å². The van der Waals surface area contributed by atoms with Crippen molar-refractivity contribution >= 4 is 22.5 Å². The normalized spacial score (nSPS) is 11.9. The summed E-state index contributed by atoms with van der Waals surface area (Å²) in [6.07, 6.45) is 4.25. The number of nitrogens with one attached hydrogen (secondary N) is 3. The van der Waals surface area contributed by atoms with Crippen LogP contribution in [-0.2, 0) is 24.3 Å². The van der Waals surface area contributed by atoms with Crippen LogP contribution in [0.2, 0.25) is 0 Å². The highest BCUT2D eigenvalue weighted by Gasteiger charge is 2.15. The smallest absolute Gasteiger partial charge is 0.274 e. The van der Waals surface area contributed by atoms with Crippen molar-refractivity contribution in [1.29, 1.82) is 0 Å². The molecule has 33 heavy (non-hydrogen) atoms. The summed E-state index contributed by atoms with van der Waals surface area (Å²) in [5.41, 5.74) is 10.2. The highest BCUT2D eigenvalue weighted by atomic mass is 16.2. The number of rotatable bonds is 9. The summed E-state index contributed by atoms with van der Waals surface area (Å²) in [6, 6.07) is 19.8. The summed E-state index contributed by atoms with van der Waals surface area (Å²) in [5.74, 6) is -0.222. The predicted molar refractivity (Wildman–Crippen MR) is 132 cm³/mol. The number of carbonyl (C=O) groups is 1. The molecule has 0 saturated heterocycles. The molecule has 0 fully saturated rings. The number of pyridine rings is 1. The van der Waals surface area contributed by atoms with E-state index in [1.54, 1.807) is 6.20 Å². The Labute approximate surface area is 192 Å². The van der Waals surface area contributed by atoms with E-state index in [0.29, 0.717) is 25.2 Å². The number of hydrogen-bond acceptors (Lipinski definition) is 4. The molecule has 4 aromatic rings. The van der Waals surface area contributed by atoms with Crippen LogP contribution in [0.15, 0.2) is 77.9 Å². The average molecular weight is 444 g/mol. The third-order valence-corrected chi connectivity index (χ3v) is 5.75. The van der Waals surface area contributed by atoms with Crippen LogP contribution in [0.4, 0.5) is 5.69 Å². The van der Waals surface area contributed by atoms with Crippen LogP contribution in [0.5, 0.6) is 0 Å². The molecule has 7 nitrogen and oxygen atoms in total. The molecule has 0 saturated carbocycles. The Bertz CT molecular complexity index is 1290. The number of aryl methyl sites for hydroxylation is 1. The lowest BCUT2D eigenvalue weighted by Crippen LogP contribution is -2.37. The van der Waals surface area contributed by atoms with Crippen LogP contribution < -0.4 is 21.9 Å². The summed E-state index contributed by atoms with van der Waals surface area (Å²) in [5, 5.41) is 7.30. The molecule has 2 aromatic heterocycles. The van der Waals surface area contributed by atoms with Gasteiger partial charge in [-0.25, -0.2) is 0 Å². The van der Waals surface area contributed by atoms with Crippen molar-refractivity contribution in [2.45, 2.75) is 32.5 Å². The molecule has 0 aliphatic carbocycles. The number of nitrogens with two attached hydrogens (primary N) is 1. The first-order chi connectivity index (χ1) is 16.0. The fraction of sp³-hybridized carbons (Fsp3) is 0.231. The average Bonchev–Trinajstić information content (AvgIpc) is 3.30. The van der Waals surface area contributed by atoms with E-state index in [0.717, 1.165) is 27.6 Å². The molecule has 170 valence electrons. The van der Waals surface area contributed by atoms with Crippen molar-refractivity contribution in [3.63, 3.8) is 0 Å². The number of anilines is 1. The quantitative estimate of drug-likeness (QED) is 0.319. The molecule has 0 radical (unpaired) electrons. The summed E-state index contributed by atoms with van der Waals surface area (Å²) < 4.78 is 1.43. The second-order valence-electron chi connectivity index (χ2n) is 8.25. The lowest BCUT2D eigenvalue weighted by atomic mass is 10.1. The highest BCUT2D eigenvalue weighted by molar-refractivity contribution is 5.80. The van der Waals surface area contributed by atoms with Crippen molar-refractivity contribution in [2.24, 2.45) is 5.73 Å². The lowest BCUT2D eigenvalue weighted by molar-refractivity contribution is -0.121. The van der Waals surface area contributed by atoms with E-state index in [1.165, 1.54) is 4.57 Å². The van der Waals surface area contributed by atoms with Crippen molar-refractivity contribution in [3.05, 3.63) is 100 Å². The molecule has 1 unspecified atom stereocenters. The van der Waals surface area contributed by atoms with E-state index in [2.05, 4.69) is 15.6 Å². The SMILES string of the molecule is Cc1ccn(CC(=O)NCc2ccc3[nH]ccc3c2)c(=O)c1NC(CN)Cc1ccccc1. The lowest BCUT2D eigenvalue weighted by Gasteiger charge is -2.20. The van der Waals surface area contributed by atoms with Crippen LogP contribution in [0.3, 0.4) is 0 Å². The van der Waals surface area contributed by atoms with Gasteiger partial charge < -0.3 is 25.9 Å². The Morgan fingerprint density at radius 2 is 1.91 bits per heavy atom. The van der Waals surface area contributed by atoms with Gasteiger partial charge in [0.05, 0.1) is 0 Å². The molecule has 2 aromatic carbocycles. The number of amides is 1. The molecular weight excluding hydrogens is 414 g/mol. The Morgan fingerprint density at radius 1 is 1.09 bits per heavy atom. The fourth-order valence-corrected chi connectivity index (χ4v) is 3.89. The molecule has 1 atom stereocenters. The standard InChI is InChI=1S/C26H29N5O2/c1-18-10-12-31(17-24(32)29-16-20-7-8-23-21(13-20)9-11-28-23)26(33)25(18)30-22(15-27)14-19-5-3-2-4-6-19/h2-13,22,28,30H,14-17,27H2,1H3,(H,29,32). The molecule has 0 bridgehead atoms. The number of aromatic nitrogens is 2. The summed E-state index contributed by atoms with van der Waals surface area (Å²) >= 11 is 0. The zero-order chi connectivity index (χ0) is 23.2. The van der Waals surface area contributed by atoms with Gasteiger partial charge >= 0.3 is 0 Å². The van der Waals surface area contributed by atoms with Crippen molar-refractivity contribution in [2.75, 3.05) is 11.9 Å². The Hall–Kier alpha value is -3.84.